The van der Waals surface area contributed by atoms with Gasteiger partial charge in [0.05, 0.1) is 11.0 Å². The number of rotatable bonds is 7. The van der Waals surface area contributed by atoms with Crippen LogP contribution in [0.3, 0.4) is 0 Å². The molecule has 36 heavy (non-hydrogen) atoms. The predicted molar refractivity (Wildman–Crippen MR) is 133 cm³/mol. The van der Waals surface area contributed by atoms with E-state index >= 15 is 0 Å². The third kappa shape index (κ3) is 5.16. The number of aryl methyl sites for hydroxylation is 1. The summed E-state index contributed by atoms with van der Waals surface area (Å²) in [6.45, 7) is 4.90. The van der Waals surface area contributed by atoms with Crippen LogP contribution < -0.4 is 4.74 Å². The van der Waals surface area contributed by atoms with Crippen molar-refractivity contribution in [2.75, 3.05) is 19.7 Å². The maximum absolute atomic E-state index is 12.5. The van der Waals surface area contributed by atoms with Crippen molar-refractivity contribution in [3.8, 4) is 11.6 Å². The van der Waals surface area contributed by atoms with Crippen molar-refractivity contribution < 1.29 is 19.2 Å². The number of likely N-dealkylation sites (tertiary alicyclic amines) is 1. The smallest absolute Gasteiger partial charge is 0.410 e. The molecule has 3 aromatic rings. The number of amides is 1. The predicted octanol–water partition coefficient (Wildman–Crippen LogP) is 5.25. The van der Waals surface area contributed by atoms with E-state index in [4.69, 9.17) is 9.47 Å². The molecule has 2 aliphatic heterocycles. The van der Waals surface area contributed by atoms with E-state index in [2.05, 4.69) is 22.0 Å². The molecule has 0 spiro atoms. The Bertz CT molecular complexity index is 1230. The van der Waals surface area contributed by atoms with Crippen LogP contribution in [0.1, 0.15) is 35.7 Å². The van der Waals surface area contributed by atoms with Gasteiger partial charge in [0.25, 0.3) is 5.69 Å². The van der Waals surface area contributed by atoms with Crippen LogP contribution in [-0.2, 0) is 11.3 Å². The van der Waals surface area contributed by atoms with Crippen molar-refractivity contribution in [3.63, 3.8) is 0 Å². The highest BCUT2D eigenvalue weighted by atomic mass is 16.6. The molecule has 1 unspecified atom stereocenters. The zero-order valence-corrected chi connectivity index (χ0v) is 20.1. The Morgan fingerprint density at radius 2 is 1.78 bits per heavy atom. The summed E-state index contributed by atoms with van der Waals surface area (Å²) in [7, 11) is 0. The number of non-ortho nitro benzene ring substituents is 1. The Morgan fingerprint density at radius 3 is 2.44 bits per heavy atom. The van der Waals surface area contributed by atoms with Gasteiger partial charge < -0.3 is 9.47 Å². The molecule has 0 saturated carbocycles. The van der Waals surface area contributed by atoms with E-state index in [0.29, 0.717) is 18.2 Å². The van der Waals surface area contributed by atoms with Gasteiger partial charge in [0, 0.05) is 49.6 Å². The number of nitrogens with zero attached hydrogens (tertiary/aromatic N) is 4. The molecule has 5 rings (SSSR count). The molecule has 2 fully saturated rings. The molecular weight excluding hydrogens is 460 g/mol. The Hall–Kier alpha value is -3.98. The molecule has 1 amide bonds. The number of hydrogen-bond acceptors (Lipinski definition) is 7. The monoisotopic (exact) mass is 488 g/mol. The zero-order valence-electron chi connectivity index (χ0n) is 20.1. The summed E-state index contributed by atoms with van der Waals surface area (Å²) in [5, 5.41) is 10.8. The number of nitro groups is 1. The van der Waals surface area contributed by atoms with Crippen LogP contribution in [0.15, 0.2) is 66.7 Å². The molecule has 0 radical (unpaired) electrons. The minimum absolute atomic E-state index is 0.0165. The Labute approximate surface area is 209 Å². The fourth-order valence-corrected chi connectivity index (χ4v) is 4.91. The van der Waals surface area contributed by atoms with E-state index in [0.717, 1.165) is 49.3 Å². The van der Waals surface area contributed by atoms with Crippen LogP contribution in [0.4, 0.5) is 10.5 Å². The van der Waals surface area contributed by atoms with Gasteiger partial charge in [-0.2, -0.15) is 0 Å². The van der Waals surface area contributed by atoms with Crippen molar-refractivity contribution in [3.05, 3.63) is 93.7 Å². The molecule has 2 aromatic carbocycles. The second kappa shape index (κ2) is 10.3. The van der Waals surface area contributed by atoms with Gasteiger partial charge in [0.15, 0.2) is 0 Å². The summed E-state index contributed by atoms with van der Waals surface area (Å²) < 4.78 is 11.2. The van der Waals surface area contributed by atoms with Crippen molar-refractivity contribution in [1.29, 1.82) is 0 Å². The summed E-state index contributed by atoms with van der Waals surface area (Å²) in [5.41, 5.74) is 3.13. The number of cyclic esters (lactones) is 1. The number of hydrogen-bond donors (Lipinski definition) is 0. The van der Waals surface area contributed by atoms with E-state index in [1.54, 1.807) is 12.1 Å². The summed E-state index contributed by atoms with van der Waals surface area (Å²) in [5.74, 6) is 0.944. The average Bonchev–Trinajstić information content (AvgIpc) is 3.28. The molecule has 2 aliphatic rings. The lowest BCUT2D eigenvalue weighted by Crippen LogP contribution is -2.46. The van der Waals surface area contributed by atoms with Gasteiger partial charge in [-0.25, -0.2) is 9.78 Å². The first kappa shape index (κ1) is 23.7. The van der Waals surface area contributed by atoms with E-state index in [9.17, 15) is 14.9 Å². The number of aromatic nitrogens is 1. The average molecular weight is 489 g/mol. The van der Waals surface area contributed by atoms with E-state index in [1.807, 2.05) is 42.2 Å². The van der Waals surface area contributed by atoms with Gasteiger partial charge in [-0.1, -0.05) is 36.4 Å². The van der Waals surface area contributed by atoms with Gasteiger partial charge >= 0.3 is 6.09 Å². The lowest BCUT2D eigenvalue weighted by atomic mass is 9.98. The lowest BCUT2D eigenvalue weighted by molar-refractivity contribution is -0.384. The van der Waals surface area contributed by atoms with E-state index in [1.165, 1.54) is 12.1 Å². The molecule has 0 aliphatic carbocycles. The fourth-order valence-electron chi connectivity index (χ4n) is 4.91. The second-order valence-corrected chi connectivity index (χ2v) is 9.17. The van der Waals surface area contributed by atoms with Crippen LogP contribution in [0.25, 0.3) is 0 Å². The van der Waals surface area contributed by atoms with Crippen LogP contribution in [0.5, 0.6) is 11.6 Å². The lowest BCUT2D eigenvalue weighted by Gasteiger charge is -2.38. The number of carbonyl (C=O) groups excluding carboxylic acids is 1. The van der Waals surface area contributed by atoms with Crippen LogP contribution in [0, 0.1) is 17.0 Å². The Balaban J connectivity index is 1.17. The first-order valence-electron chi connectivity index (χ1n) is 12.1. The number of nitro benzene ring substituents is 1. The molecule has 9 nitrogen and oxygen atoms in total. The maximum Gasteiger partial charge on any atom is 0.410 e. The minimum atomic E-state index is -0.442. The number of carbonyl (C=O) groups is 1. The highest BCUT2D eigenvalue weighted by Crippen LogP contribution is 2.33. The van der Waals surface area contributed by atoms with Gasteiger partial charge in [-0.15, -0.1) is 0 Å². The van der Waals surface area contributed by atoms with Crippen LogP contribution in [0.2, 0.25) is 0 Å². The maximum atomic E-state index is 12.5. The van der Waals surface area contributed by atoms with Gasteiger partial charge in [0.1, 0.15) is 12.4 Å². The normalized spacial score (nSPS) is 18.8. The molecule has 9 heteroatoms. The third-order valence-electron chi connectivity index (χ3n) is 6.88. The number of piperidine rings is 1. The van der Waals surface area contributed by atoms with Crippen molar-refractivity contribution >= 4 is 11.8 Å². The molecule has 0 N–H and O–H groups in total. The standard InChI is InChI=1S/C27H28N4O5/c1-19-21(7-12-26(28-19)36-24-10-8-23(9-11-24)31(33)34)17-29-15-13-22(14-16-29)30-25(18-35-27(30)32)20-5-3-2-4-6-20/h2-12,22,25H,13-18H2,1H3. The summed E-state index contributed by atoms with van der Waals surface area (Å²) in [6.07, 6.45) is 1.57. The van der Waals surface area contributed by atoms with Crippen molar-refractivity contribution in [1.82, 2.24) is 14.8 Å². The fraction of sp³-hybridized carbons (Fsp3) is 0.333. The Kier molecular flexibility index (Phi) is 6.81. The molecule has 1 atom stereocenters. The van der Waals surface area contributed by atoms with E-state index in [-0.39, 0.29) is 23.9 Å². The van der Waals surface area contributed by atoms with Gasteiger partial charge in [0.2, 0.25) is 5.88 Å². The minimum Gasteiger partial charge on any atom is -0.447 e. The highest BCUT2D eigenvalue weighted by Gasteiger charge is 2.40. The first-order chi connectivity index (χ1) is 17.5. The molecule has 2 saturated heterocycles. The summed E-state index contributed by atoms with van der Waals surface area (Å²) in [4.78, 5) is 31.8. The molecule has 186 valence electrons. The van der Waals surface area contributed by atoms with Crippen LogP contribution >= 0.6 is 0 Å². The second-order valence-electron chi connectivity index (χ2n) is 9.17. The first-order valence-corrected chi connectivity index (χ1v) is 12.1. The van der Waals surface area contributed by atoms with Crippen molar-refractivity contribution in [2.24, 2.45) is 0 Å². The van der Waals surface area contributed by atoms with Gasteiger partial charge in [-0.05, 0) is 43.0 Å². The number of benzene rings is 2. The molecule has 0 bridgehead atoms. The summed E-state index contributed by atoms with van der Waals surface area (Å²) in [6, 6.07) is 20.0. The van der Waals surface area contributed by atoms with E-state index < -0.39 is 4.92 Å². The van der Waals surface area contributed by atoms with Crippen LogP contribution in [-0.4, -0.2) is 51.5 Å². The molecule has 3 heterocycles. The third-order valence-corrected chi connectivity index (χ3v) is 6.88. The number of pyridine rings is 1. The Morgan fingerprint density at radius 1 is 1.06 bits per heavy atom. The highest BCUT2D eigenvalue weighted by molar-refractivity contribution is 5.71. The summed E-state index contributed by atoms with van der Waals surface area (Å²) >= 11 is 0. The van der Waals surface area contributed by atoms with Crippen molar-refractivity contribution in [2.45, 2.75) is 38.4 Å². The molecular formula is C27H28N4O5. The number of ether oxygens (including phenoxy) is 2. The molecule has 1 aromatic heterocycles. The topological polar surface area (TPSA) is 98.0 Å². The largest absolute Gasteiger partial charge is 0.447 e. The quantitative estimate of drug-likeness (QED) is 0.331. The van der Waals surface area contributed by atoms with Gasteiger partial charge in [-0.3, -0.25) is 19.9 Å². The zero-order chi connectivity index (χ0) is 25.1. The SMILES string of the molecule is Cc1nc(Oc2ccc([N+](=O)[O-])cc2)ccc1CN1CCC(N2C(=O)OCC2c2ccccc2)CC1.